The van der Waals surface area contributed by atoms with Crippen molar-refractivity contribution >= 4 is 5.95 Å². The molecule has 6 nitrogen and oxygen atoms in total. The van der Waals surface area contributed by atoms with Crippen molar-refractivity contribution in [3.63, 3.8) is 0 Å². The molecule has 1 rings (SSSR count). The van der Waals surface area contributed by atoms with E-state index in [0.29, 0.717) is 18.2 Å². The Balaban J connectivity index is 3.20. The Kier molecular flexibility index (Phi) is 3.06. The lowest BCUT2D eigenvalue weighted by Gasteiger charge is -2.09. The van der Waals surface area contributed by atoms with Gasteiger partial charge in [0.05, 0.1) is 0 Å². The lowest BCUT2D eigenvalue weighted by Crippen LogP contribution is -2.34. The third-order valence-electron chi connectivity index (χ3n) is 1.80. The van der Waals surface area contributed by atoms with E-state index in [0.717, 1.165) is 4.68 Å². The molecule has 0 aromatic carbocycles. The first-order chi connectivity index (χ1) is 6.57. The number of aromatic nitrogens is 3. The van der Waals surface area contributed by atoms with E-state index >= 15 is 0 Å². The molecule has 0 atom stereocenters. The van der Waals surface area contributed by atoms with Gasteiger partial charge >= 0.3 is 0 Å². The fourth-order valence-electron chi connectivity index (χ4n) is 1.05. The van der Waals surface area contributed by atoms with Crippen LogP contribution < -0.4 is 16.7 Å². The molecular weight excluding hydrogens is 182 g/mol. The highest BCUT2D eigenvalue weighted by Crippen LogP contribution is 2.05. The summed E-state index contributed by atoms with van der Waals surface area (Å²) in [7, 11) is 0. The molecule has 1 heterocycles. The summed E-state index contributed by atoms with van der Waals surface area (Å²) in [6.07, 6.45) is 0. The molecule has 0 aliphatic carbocycles. The van der Waals surface area contributed by atoms with E-state index in [1.807, 2.05) is 20.8 Å². The number of nitrogens with one attached hydrogen (secondary N) is 1. The molecule has 6 heteroatoms. The first-order valence-electron chi connectivity index (χ1n) is 4.56. The number of rotatable bonds is 3. The van der Waals surface area contributed by atoms with Gasteiger partial charge in [-0.3, -0.25) is 4.79 Å². The number of nitrogens with two attached hydrogens (primary N) is 1. The second kappa shape index (κ2) is 4.08. The minimum absolute atomic E-state index is 0.0282. The normalized spacial score (nSPS) is 10.6. The van der Waals surface area contributed by atoms with Crippen LogP contribution in [0.1, 0.15) is 32.4 Å². The monoisotopic (exact) mass is 197 g/mol. The Morgan fingerprint density at radius 3 is 2.64 bits per heavy atom. The van der Waals surface area contributed by atoms with Gasteiger partial charge < -0.3 is 11.2 Å². The molecule has 78 valence electrons. The average molecular weight is 197 g/mol. The lowest BCUT2D eigenvalue weighted by molar-refractivity contribution is 0.712. The summed E-state index contributed by atoms with van der Waals surface area (Å²) < 4.78 is 0.992. The van der Waals surface area contributed by atoms with Crippen molar-refractivity contribution in [1.29, 1.82) is 0 Å². The zero-order valence-corrected chi connectivity index (χ0v) is 8.61. The van der Waals surface area contributed by atoms with Crippen molar-refractivity contribution in [2.24, 2.45) is 0 Å². The molecule has 0 saturated carbocycles. The number of anilines is 1. The maximum Gasteiger partial charge on any atom is 0.295 e. The van der Waals surface area contributed by atoms with E-state index in [4.69, 9.17) is 5.84 Å². The van der Waals surface area contributed by atoms with E-state index in [-0.39, 0.29) is 11.5 Å². The average Bonchev–Trinajstić information content (AvgIpc) is 2.13. The molecule has 0 amide bonds. The van der Waals surface area contributed by atoms with Crippen LogP contribution in [0.4, 0.5) is 5.95 Å². The van der Waals surface area contributed by atoms with Crippen LogP contribution in [-0.2, 0) is 0 Å². The van der Waals surface area contributed by atoms with Gasteiger partial charge in [-0.05, 0) is 6.92 Å². The van der Waals surface area contributed by atoms with Crippen LogP contribution in [0.3, 0.4) is 0 Å². The van der Waals surface area contributed by atoms with Gasteiger partial charge in [0.2, 0.25) is 5.95 Å². The molecular formula is C8H15N5O. The zero-order chi connectivity index (χ0) is 10.7. The largest absolute Gasteiger partial charge is 0.353 e. The summed E-state index contributed by atoms with van der Waals surface area (Å²) in [5.74, 6) is 5.87. The van der Waals surface area contributed by atoms with E-state index < -0.39 is 0 Å². The molecule has 0 saturated heterocycles. The van der Waals surface area contributed by atoms with Crippen LogP contribution in [-0.4, -0.2) is 21.4 Å². The van der Waals surface area contributed by atoms with E-state index in [1.54, 1.807) is 0 Å². The first kappa shape index (κ1) is 10.5. The highest BCUT2D eigenvalue weighted by Gasteiger charge is 2.11. The number of hydrogen-bond donors (Lipinski definition) is 2. The Labute approximate surface area is 82.1 Å². The van der Waals surface area contributed by atoms with Gasteiger partial charge in [0, 0.05) is 12.5 Å². The standard InChI is InChI=1S/C8H15N5O/c1-4-10-8-12-11-6(5(2)3)7(14)13(8)9/h5H,4,9H2,1-3H3,(H,10,12). The molecule has 0 aliphatic heterocycles. The van der Waals surface area contributed by atoms with Crippen LogP contribution in [0, 0.1) is 0 Å². The molecule has 3 N–H and O–H groups in total. The van der Waals surface area contributed by atoms with E-state index in [2.05, 4.69) is 15.5 Å². The fraction of sp³-hybridized carbons (Fsp3) is 0.625. The van der Waals surface area contributed by atoms with Gasteiger partial charge in [-0.25, -0.2) is 0 Å². The Morgan fingerprint density at radius 2 is 2.14 bits per heavy atom. The summed E-state index contributed by atoms with van der Waals surface area (Å²) in [5, 5.41) is 10.5. The van der Waals surface area contributed by atoms with Crippen molar-refractivity contribution in [2.75, 3.05) is 17.7 Å². The van der Waals surface area contributed by atoms with Crippen molar-refractivity contribution < 1.29 is 0 Å². The van der Waals surface area contributed by atoms with Gasteiger partial charge in [0.25, 0.3) is 5.56 Å². The lowest BCUT2D eigenvalue weighted by atomic mass is 10.1. The van der Waals surface area contributed by atoms with Gasteiger partial charge in [0.1, 0.15) is 5.69 Å². The molecule has 14 heavy (non-hydrogen) atoms. The molecule has 0 radical (unpaired) electrons. The summed E-state index contributed by atoms with van der Waals surface area (Å²) in [4.78, 5) is 11.6. The van der Waals surface area contributed by atoms with Crippen LogP contribution in [0.15, 0.2) is 4.79 Å². The summed E-state index contributed by atoms with van der Waals surface area (Å²) in [6.45, 7) is 6.28. The maximum atomic E-state index is 11.6. The summed E-state index contributed by atoms with van der Waals surface area (Å²) >= 11 is 0. The van der Waals surface area contributed by atoms with Gasteiger partial charge in [-0.2, -0.15) is 4.68 Å². The number of hydrogen-bond acceptors (Lipinski definition) is 5. The first-order valence-corrected chi connectivity index (χ1v) is 4.56. The Hall–Kier alpha value is -1.59. The van der Waals surface area contributed by atoms with Crippen molar-refractivity contribution in [3.8, 4) is 0 Å². The molecule has 1 aromatic heterocycles. The zero-order valence-electron chi connectivity index (χ0n) is 8.61. The van der Waals surface area contributed by atoms with E-state index in [1.165, 1.54) is 0 Å². The minimum Gasteiger partial charge on any atom is -0.353 e. The smallest absolute Gasteiger partial charge is 0.295 e. The van der Waals surface area contributed by atoms with Gasteiger partial charge in [-0.15, -0.1) is 10.2 Å². The van der Waals surface area contributed by atoms with Crippen molar-refractivity contribution in [3.05, 3.63) is 16.0 Å². The minimum atomic E-state index is -0.300. The maximum absolute atomic E-state index is 11.6. The molecule has 0 fully saturated rings. The van der Waals surface area contributed by atoms with Crippen molar-refractivity contribution in [2.45, 2.75) is 26.7 Å². The SMILES string of the molecule is CCNc1nnc(C(C)C)c(=O)n1N. The summed E-state index contributed by atoms with van der Waals surface area (Å²) in [5.41, 5.74) is 0.0834. The predicted octanol–water partition coefficient (Wildman–Crippen LogP) is -0.0927. The molecule has 1 aromatic rings. The topological polar surface area (TPSA) is 85.8 Å². The number of nitrogen functional groups attached to an aromatic ring is 1. The van der Waals surface area contributed by atoms with Crippen LogP contribution in [0.25, 0.3) is 0 Å². The van der Waals surface area contributed by atoms with Gasteiger partial charge in [0.15, 0.2) is 0 Å². The second-order valence-corrected chi connectivity index (χ2v) is 3.27. The van der Waals surface area contributed by atoms with E-state index in [9.17, 15) is 4.79 Å². The summed E-state index contributed by atoms with van der Waals surface area (Å²) in [6, 6.07) is 0. The molecule has 0 aliphatic rings. The molecule has 0 spiro atoms. The fourth-order valence-corrected chi connectivity index (χ4v) is 1.05. The quantitative estimate of drug-likeness (QED) is 0.661. The predicted molar refractivity (Wildman–Crippen MR) is 54.7 cm³/mol. The Bertz CT molecular complexity index is 370. The third-order valence-corrected chi connectivity index (χ3v) is 1.80. The third kappa shape index (κ3) is 1.84. The molecule has 0 bridgehead atoms. The Morgan fingerprint density at radius 1 is 1.50 bits per heavy atom. The van der Waals surface area contributed by atoms with Gasteiger partial charge in [-0.1, -0.05) is 13.8 Å². The second-order valence-electron chi connectivity index (χ2n) is 3.27. The highest BCUT2D eigenvalue weighted by molar-refractivity contribution is 5.24. The highest BCUT2D eigenvalue weighted by atomic mass is 16.1. The van der Waals surface area contributed by atoms with Crippen molar-refractivity contribution in [1.82, 2.24) is 14.9 Å². The molecule has 0 unspecified atom stereocenters. The van der Waals surface area contributed by atoms with Crippen LogP contribution in [0.5, 0.6) is 0 Å². The van der Waals surface area contributed by atoms with Crippen LogP contribution >= 0.6 is 0 Å². The number of nitrogens with zero attached hydrogens (tertiary/aromatic N) is 3. The van der Waals surface area contributed by atoms with Crippen LogP contribution in [0.2, 0.25) is 0 Å².